The van der Waals surface area contributed by atoms with Crippen LogP contribution in [0.4, 0.5) is 0 Å². The van der Waals surface area contributed by atoms with Crippen molar-refractivity contribution in [2.24, 2.45) is 0 Å². The van der Waals surface area contributed by atoms with Gasteiger partial charge in [-0.1, -0.05) is 18.5 Å². The third-order valence-electron chi connectivity index (χ3n) is 2.36. The molecule has 1 N–H and O–H groups in total. The Balaban J connectivity index is 2.32. The summed E-state index contributed by atoms with van der Waals surface area (Å²) >= 11 is 9.25. The molecule has 2 nitrogen and oxygen atoms in total. The maximum Gasteiger partial charge on any atom is 0.133 e. The van der Waals surface area contributed by atoms with Gasteiger partial charge in [0.15, 0.2) is 0 Å². The van der Waals surface area contributed by atoms with Crippen LogP contribution in [-0.4, -0.2) is 19.2 Å². The number of hydrogen-bond donors (Lipinski definition) is 1. The van der Waals surface area contributed by atoms with Crippen molar-refractivity contribution in [2.45, 2.75) is 26.3 Å². The highest BCUT2D eigenvalue weighted by Gasteiger charge is 2.02. The zero-order valence-corrected chi connectivity index (χ0v) is 11.9. The molecule has 16 heavy (non-hydrogen) atoms. The largest absolute Gasteiger partial charge is 0.491 e. The van der Waals surface area contributed by atoms with Crippen LogP contribution in [0.5, 0.6) is 5.75 Å². The predicted octanol–water partition coefficient (Wildman–Crippen LogP) is 3.87. The summed E-state index contributed by atoms with van der Waals surface area (Å²) in [5, 5.41) is 4.07. The molecule has 1 rings (SSSR count). The molecule has 0 aliphatic heterocycles. The zero-order valence-electron chi connectivity index (χ0n) is 9.59. The number of hydrogen-bond acceptors (Lipinski definition) is 2. The molecule has 0 fully saturated rings. The second-order valence-corrected chi connectivity index (χ2v) is 4.98. The molecule has 0 aromatic heterocycles. The third-order valence-corrected chi connectivity index (χ3v) is 3.21. The van der Waals surface area contributed by atoms with Crippen molar-refractivity contribution in [3.8, 4) is 5.75 Å². The quantitative estimate of drug-likeness (QED) is 0.806. The van der Waals surface area contributed by atoms with Crippen molar-refractivity contribution in [1.82, 2.24) is 5.32 Å². The van der Waals surface area contributed by atoms with Crippen molar-refractivity contribution in [1.29, 1.82) is 0 Å². The van der Waals surface area contributed by atoms with Crippen molar-refractivity contribution in [3.05, 3.63) is 27.7 Å². The lowest BCUT2D eigenvalue weighted by atomic mass is 10.3. The molecule has 0 saturated heterocycles. The van der Waals surface area contributed by atoms with Crippen LogP contribution >= 0.6 is 27.5 Å². The fourth-order valence-corrected chi connectivity index (χ4v) is 2.00. The van der Waals surface area contributed by atoms with E-state index in [-0.39, 0.29) is 0 Å². The SMILES string of the molecule is CCC(C)NCCOc1ccc(Cl)cc1Br. The molecule has 0 spiro atoms. The summed E-state index contributed by atoms with van der Waals surface area (Å²) in [5.41, 5.74) is 0. The van der Waals surface area contributed by atoms with E-state index in [0.29, 0.717) is 17.7 Å². The minimum Gasteiger partial charge on any atom is -0.491 e. The van der Waals surface area contributed by atoms with Crippen LogP contribution in [0.25, 0.3) is 0 Å². The van der Waals surface area contributed by atoms with Gasteiger partial charge in [0.1, 0.15) is 12.4 Å². The topological polar surface area (TPSA) is 21.3 Å². The Hall–Kier alpha value is -0.250. The van der Waals surface area contributed by atoms with Gasteiger partial charge in [-0.2, -0.15) is 0 Å². The van der Waals surface area contributed by atoms with Gasteiger partial charge in [0.25, 0.3) is 0 Å². The van der Waals surface area contributed by atoms with E-state index < -0.39 is 0 Å². The molecule has 0 aliphatic carbocycles. The first-order chi connectivity index (χ1) is 7.63. The highest BCUT2D eigenvalue weighted by Crippen LogP contribution is 2.27. The smallest absolute Gasteiger partial charge is 0.133 e. The Labute approximate surface area is 110 Å². The molecule has 0 aliphatic rings. The zero-order chi connectivity index (χ0) is 12.0. The number of rotatable bonds is 6. The van der Waals surface area contributed by atoms with Crippen molar-refractivity contribution in [3.63, 3.8) is 0 Å². The highest BCUT2D eigenvalue weighted by molar-refractivity contribution is 9.10. The third kappa shape index (κ3) is 4.73. The Kier molecular flexibility index (Phi) is 6.17. The van der Waals surface area contributed by atoms with Gasteiger partial charge < -0.3 is 10.1 Å². The normalized spacial score (nSPS) is 12.5. The first-order valence-corrected chi connectivity index (χ1v) is 6.61. The second-order valence-electron chi connectivity index (χ2n) is 3.69. The van der Waals surface area contributed by atoms with Crippen molar-refractivity contribution >= 4 is 27.5 Å². The van der Waals surface area contributed by atoms with Gasteiger partial charge in [-0.15, -0.1) is 0 Å². The highest BCUT2D eigenvalue weighted by atomic mass is 79.9. The molecule has 1 aromatic carbocycles. The van der Waals surface area contributed by atoms with Gasteiger partial charge >= 0.3 is 0 Å². The molecule has 0 heterocycles. The Morgan fingerprint density at radius 3 is 2.88 bits per heavy atom. The lowest BCUT2D eigenvalue weighted by Crippen LogP contribution is -2.29. The molecule has 0 saturated carbocycles. The first-order valence-electron chi connectivity index (χ1n) is 5.44. The molecule has 0 bridgehead atoms. The number of halogens is 2. The summed E-state index contributed by atoms with van der Waals surface area (Å²) < 4.78 is 6.51. The number of ether oxygens (including phenoxy) is 1. The van der Waals surface area contributed by atoms with Gasteiger partial charge in [0, 0.05) is 17.6 Å². The minimum absolute atomic E-state index is 0.539. The van der Waals surface area contributed by atoms with Crippen LogP contribution in [0.3, 0.4) is 0 Å². The van der Waals surface area contributed by atoms with Crippen LogP contribution in [-0.2, 0) is 0 Å². The summed E-state index contributed by atoms with van der Waals surface area (Å²) in [6.45, 7) is 5.83. The monoisotopic (exact) mass is 305 g/mol. The second kappa shape index (κ2) is 7.15. The molecule has 0 amide bonds. The van der Waals surface area contributed by atoms with Gasteiger partial charge in [-0.25, -0.2) is 0 Å². The van der Waals surface area contributed by atoms with Crippen LogP contribution < -0.4 is 10.1 Å². The first kappa shape index (κ1) is 13.8. The van der Waals surface area contributed by atoms with E-state index in [1.54, 1.807) is 0 Å². The van der Waals surface area contributed by atoms with E-state index in [9.17, 15) is 0 Å². The molecule has 1 unspecified atom stereocenters. The van der Waals surface area contributed by atoms with Crippen LogP contribution in [0, 0.1) is 0 Å². The summed E-state index contributed by atoms with van der Waals surface area (Å²) in [7, 11) is 0. The number of nitrogens with one attached hydrogen (secondary N) is 1. The van der Waals surface area contributed by atoms with Crippen LogP contribution in [0.2, 0.25) is 5.02 Å². The summed E-state index contributed by atoms with van der Waals surface area (Å²) in [6.07, 6.45) is 1.13. The maximum atomic E-state index is 5.84. The number of benzene rings is 1. The molecule has 0 radical (unpaired) electrons. The molecule has 1 aromatic rings. The lowest BCUT2D eigenvalue weighted by molar-refractivity contribution is 0.304. The molecule has 90 valence electrons. The van der Waals surface area contributed by atoms with Crippen LogP contribution in [0.15, 0.2) is 22.7 Å². The van der Waals surface area contributed by atoms with Gasteiger partial charge in [-0.3, -0.25) is 0 Å². The summed E-state index contributed by atoms with van der Waals surface area (Å²) in [5.74, 6) is 0.829. The van der Waals surface area contributed by atoms with E-state index in [0.717, 1.165) is 23.2 Å². The van der Waals surface area contributed by atoms with Gasteiger partial charge in [0.05, 0.1) is 4.47 Å². The van der Waals surface area contributed by atoms with E-state index in [4.69, 9.17) is 16.3 Å². The van der Waals surface area contributed by atoms with E-state index in [1.165, 1.54) is 0 Å². The Bertz CT molecular complexity index is 333. The molecule has 1 atom stereocenters. The fraction of sp³-hybridized carbons (Fsp3) is 0.500. The lowest BCUT2D eigenvalue weighted by Gasteiger charge is -2.12. The predicted molar refractivity (Wildman–Crippen MR) is 72.4 cm³/mol. The maximum absolute atomic E-state index is 5.84. The average molecular weight is 307 g/mol. The standard InChI is InChI=1S/C12H17BrClNO/c1-3-9(2)15-6-7-16-12-5-4-10(14)8-11(12)13/h4-5,8-9,15H,3,6-7H2,1-2H3. The minimum atomic E-state index is 0.539. The van der Waals surface area contributed by atoms with Crippen molar-refractivity contribution < 1.29 is 4.74 Å². The van der Waals surface area contributed by atoms with Gasteiger partial charge in [-0.05, 0) is 47.5 Å². The molecule has 4 heteroatoms. The van der Waals surface area contributed by atoms with E-state index in [1.807, 2.05) is 18.2 Å². The summed E-state index contributed by atoms with van der Waals surface area (Å²) in [4.78, 5) is 0. The fourth-order valence-electron chi connectivity index (χ4n) is 1.20. The Morgan fingerprint density at radius 1 is 1.50 bits per heavy atom. The average Bonchev–Trinajstić information content (AvgIpc) is 2.26. The van der Waals surface area contributed by atoms with Crippen molar-refractivity contribution in [2.75, 3.05) is 13.2 Å². The molecular weight excluding hydrogens is 289 g/mol. The van der Waals surface area contributed by atoms with E-state index >= 15 is 0 Å². The van der Waals surface area contributed by atoms with E-state index in [2.05, 4.69) is 35.1 Å². The van der Waals surface area contributed by atoms with Crippen LogP contribution in [0.1, 0.15) is 20.3 Å². The molecular formula is C12H17BrClNO. The van der Waals surface area contributed by atoms with Gasteiger partial charge in [0.2, 0.25) is 0 Å². The Morgan fingerprint density at radius 2 is 2.25 bits per heavy atom. The summed E-state index contributed by atoms with van der Waals surface area (Å²) in [6, 6.07) is 6.07.